The summed E-state index contributed by atoms with van der Waals surface area (Å²) in [5, 5.41) is 11.0. The molecule has 28 heavy (non-hydrogen) atoms. The highest BCUT2D eigenvalue weighted by Gasteiger charge is 2.21. The first-order chi connectivity index (χ1) is 13.6. The maximum absolute atomic E-state index is 9.59. The van der Waals surface area contributed by atoms with Crippen LogP contribution in [-0.4, -0.2) is 48.0 Å². The molecule has 3 aromatic rings. The van der Waals surface area contributed by atoms with E-state index in [1.807, 2.05) is 36.4 Å². The van der Waals surface area contributed by atoms with Gasteiger partial charge in [0.05, 0.1) is 43.7 Å². The molecule has 0 saturated carbocycles. The molecule has 0 bridgehead atoms. The highest BCUT2D eigenvalue weighted by atomic mass is 35.5. The summed E-state index contributed by atoms with van der Waals surface area (Å²) in [6.07, 6.45) is 0. The Bertz CT molecular complexity index is 1010. The standard InChI is InChI=1S/C21H22ClN3O3/c1-13-12-28-8-7-25(13)20-10-17(22)16-4-5-18(23-21(16)24-20)14-3-6-19(27-2)15(9-14)11-26/h3-6,9-10,13,26H,7-8,11-12H2,1-2H3. The van der Waals surface area contributed by atoms with E-state index in [0.717, 1.165) is 29.0 Å². The number of aliphatic hydroxyl groups is 1. The van der Waals surface area contributed by atoms with E-state index in [1.165, 1.54) is 0 Å². The molecule has 1 aromatic carbocycles. The van der Waals surface area contributed by atoms with Crippen LogP contribution in [0.4, 0.5) is 5.82 Å². The van der Waals surface area contributed by atoms with Crippen LogP contribution in [0.3, 0.4) is 0 Å². The quantitative estimate of drug-likeness (QED) is 0.721. The van der Waals surface area contributed by atoms with Crippen LogP contribution in [0.2, 0.25) is 5.02 Å². The van der Waals surface area contributed by atoms with Crippen molar-refractivity contribution in [2.24, 2.45) is 0 Å². The van der Waals surface area contributed by atoms with Crippen LogP contribution in [-0.2, 0) is 11.3 Å². The Labute approximate surface area is 168 Å². The Morgan fingerprint density at radius 3 is 2.86 bits per heavy atom. The summed E-state index contributed by atoms with van der Waals surface area (Å²) < 4.78 is 10.8. The van der Waals surface area contributed by atoms with Gasteiger partial charge in [0.2, 0.25) is 0 Å². The molecule has 0 amide bonds. The summed E-state index contributed by atoms with van der Waals surface area (Å²) in [5.41, 5.74) is 2.96. The number of fused-ring (bicyclic) bond motifs is 1. The van der Waals surface area contributed by atoms with Crippen LogP contribution in [0.1, 0.15) is 12.5 Å². The van der Waals surface area contributed by atoms with Crippen LogP contribution >= 0.6 is 11.6 Å². The third-order valence-corrected chi connectivity index (χ3v) is 5.33. The molecule has 1 saturated heterocycles. The molecule has 0 aliphatic carbocycles. The summed E-state index contributed by atoms with van der Waals surface area (Å²) in [5.74, 6) is 1.46. The highest BCUT2D eigenvalue weighted by molar-refractivity contribution is 6.35. The lowest BCUT2D eigenvalue weighted by atomic mass is 10.1. The number of nitrogens with zero attached hydrogens (tertiary/aromatic N) is 3. The van der Waals surface area contributed by atoms with Gasteiger partial charge in [0.15, 0.2) is 5.65 Å². The number of aromatic nitrogens is 2. The smallest absolute Gasteiger partial charge is 0.163 e. The minimum atomic E-state index is -0.103. The van der Waals surface area contributed by atoms with Gasteiger partial charge in [-0.1, -0.05) is 11.6 Å². The Balaban J connectivity index is 1.77. The first-order valence-electron chi connectivity index (χ1n) is 9.20. The van der Waals surface area contributed by atoms with Crippen molar-refractivity contribution in [3.63, 3.8) is 0 Å². The molecule has 1 atom stereocenters. The van der Waals surface area contributed by atoms with Crippen LogP contribution in [0.5, 0.6) is 5.75 Å². The van der Waals surface area contributed by atoms with Gasteiger partial charge in [-0.3, -0.25) is 0 Å². The fourth-order valence-electron chi connectivity index (χ4n) is 3.49. The lowest BCUT2D eigenvalue weighted by Gasteiger charge is -2.34. The number of morpholine rings is 1. The van der Waals surface area contributed by atoms with E-state index in [2.05, 4.69) is 11.8 Å². The Morgan fingerprint density at radius 1 is 1.25 bits per heavy atom. The molecule has 1 fully saturated rings. The third-order valence-electron chi connectivity index (χ3n) is 5.02. The second kappa shape index (κ2) is 7.91. The average Bonchev–Trinajstić information content (AvgIpc) is 2.73. The van der Waals surface area contributed by atoms with Gasteiger partial charge in [-0.2, -0.15) is 0 Å². The Hall–Kier alpha value is -2.41. The number of hydrogen-bond acceptors (Lipinski definition) is 6. The molecule has 7 heteroatoms. The van der Waals surface area contributed by atoms with E-state index >= 15 is 0 Å². The van der Waals surface area contributed by atoms with Gasteiger partial charge in [-0.05, 0) is 37.3 Å². The molecule has 1 aliphatic rings. The highest BCUT2D eigenvalue weighted by Crippen LogP contribution is 2.31. The van der Waals surface area contributed by atoms with E-state index in [-0.39, 0.29) is 12.6 Å². The zero-order valence-electron chi connectivity index (χ0n) is 15.9. The van der Waals surface area contributed by atoms with E-state index in [1.54, 1.807) is 7.11 Å². The van der Waals surface area contributed by atoms with Gasteiger partial charge in [-0.25, -0.2) is 9.97 Å². The number of ether oxygens (including phenoxy) is 2. The van der Waals surface area contributed by atoms with Crippen molar-refractivity contribution in [1.29, 1.82) is 0 Å². The zero-order chi connectivity index (χ0) is 19.7. The molecule has 0 spiro atoms. The largest absolute Gasteiger partial charge is 0.496 e. The van der Waals surface area contributed by atoms with Crippen LogP contribution in [0.15, 0.2) is 36.4 Å². The van der Waals surface area contributed by atoms with Crippen molar-refractivity contribution in [3.8, 4) is 17.0 Å². The molecule has 0 radical (unpaired) electrons. The lowest BCUT2D eigenvalue weighted by Crippen LogP contribution is -2.44. The maximum Gasteiger partial charge on any atom is 0.163 e. The number of hydrogen-bond donors (Lipinski definition) is 1. The number of rotatable bonds is 4. The fraction of sp³-hybridized carbons (Fsp3) is 0.333. The SMILES string of the molecule is COc1ccc(-c2ccc3c(Cl)cc(N4CCOCC4C)nc3n2)cc1CO. The van der Waals surface area contributed by atoms with Gasteiger partial charge >= 0.3 is 0 Å². The van der Waals surface area contributed by atoms with E-state index in [0.29, 0.717) is 35.2 Å². The molecule has 1 aliphatic heterocycles. The Kier molecular flexibility index (Phi) is 5.35. The van der Waals surface area contributed by atoms with Crippen molar-refractivity contribution in [2.45, 2.75) is 19.6 Å². The number of aliphatic hydroxyl groups excluding tert-OH is 1. The number of pyridine rings is 2. The predicted octanol–water partition coefficient (Wildman–Crippen LogP) is 3.68. The van der Waals surface area contributed by atoms with E-state index in [4.69, 9.17) is 31.0 Å². The molecule has 146 valence electrons. The monoisotopic (exact) mass is 399 g/mol. The van der Waals surface area contributed by atoms with Crippen LogP contribution < -0.4 is 9.64 Å². The topological polar surface area (TPSA) is 67.7 Å². The number of anilines is 1. The normalized spacial score (nSPS) is 17.1. The summed E-state index contributed by atoms with van der Waals surface area (Å²) in [6.45, 7) is 4.11. The van der Waals surface area contributed by atoms with Crippen molar-refractivity contribution in [3.05, 3.63) is 47.0 Å². The minimum absolute atomic E-state index is 0.103. The Morgan fingerprint density at radius 2 is 2.11 bits per heavy atom. The minimum Gasteiger partial charge on any atom is -0.496 e. The van der Waals surface area contributed by atoms with Gasteiger partial charge < -0.3 is 19.5 Å². The summed E-state index contributed by atoms with van der Waals surface area (Å²) >= 11 is 6.53. The molecule has 2 aromatic heterocycles. The van der Waals surface area contributed by atoms with Gasteiger partial charge in [0.25, 0.3) is 0 Å². The number of benzene rings is 1. The van der Waals surface area contributed by atoms with Crippen molar-refractivity contribution in [1.82, 2.24) is 9.97 Å². The zero-order valence-corrected chi connectivity index (χ0v) is 16.6. The molecule has 6 nitrogen and oxygen atoms in total. The van der Waals surface area contributed by atoms with Crippen LogP contribution in [0, 0.1) is 0 Å². The van der Waals surface area contributed by atoms with Gasteiger partial charge in [-0.15, -0.1) is 0 Å². The van der Waals surface area contributed by atoms with E-state index in [9.17, 15) is 5.11 Å². The molecule has 3 heterocycles. The van der Waals surface area contributed by atoms with Crippen molar-refractivity contribution in [2.75, 3.05) is 31.8 Å². The summed E-state index contributed by atoms with van der Waals surface area (Å²) in [4.78, 5) is 11.7. The summed E-state index contributed by atoms with van der Waals surface area (Å²) in [6, 6.07) is 11.6. The number of methoxy groups -OCH3 is 1. The molecule has 1 N–H and O–H groups in total. The molecular formula is C21H22ClN3O3. The molecular weight excluding hydrogens is 378 g/mol. The molecule has 1 unspecified atom stereocenters. The van der Waals surface area contributed by atoms with Gasteiger partial charge in [0, 0.05) is 29.1 Å². The maximum atomic E-state index is 9.59. The first kappa shape index (κ1) is 18.9. The average molecular weight is 400 g/mol. The van der Waals surface area contributed by atoms with Crippen molar-refractivity contribution >= 4 is 28.5 Å². The first-order valence-corrected chi connectivity index (χ1v) is 9.58. The second-order valence-electron chi connectivity index (χ2n) is 6.83. The fourth-order valence-corrected chi connectivity index (χ4v) is 3.73. The van der Waals surface area contributed by atoms with Crippen molar-refractivity contribution < 1.29 is 14.6 Å². The lowest BCUT2D eigenvalue weighted by molar-refractivity contribution is 0.0985. The summed E-state index contributed by atoms with van der Waals surface area (Å²) in [7, 11) is 1.59. The third kappa shape index (κ3) is 3.51. The second-order valence-corrected chi connectivity index (χ2v) is 7.24. The van der Waals surface area contributed by atoms with Gasteiger partial charge in [0.1, 0.15) is 11.6 Å². The van der Waals surface area contributed by atoms with Crippen LogP contribution in [0.25, 0.3) is 22.3 Å². The van der Waals surface area contributed by atoms with E-state index < -0.39 is 0 Å². The molecule has 4 rings (SSSR count). The number of halogens is 1. The predicted molar refractivity (Wildman–Crippen MR) is 110 cm³/mol.